The van der Waals surface area contributed by atoms with E-state index in [1.807, 2.05) is 37.1 Å². The van der Waals surface area contributed by atoms with Crippen molar-refractivity contribution in [3.63, 3.8) is 0 Å². The first-order valence-corrected chi connectivity index (χ1v) is 7.20. The highest BCUT2D eigenvalue weighted by Crippen LogP contribution is 2.24. The molecule has 0 heterocycles. The van der Waals surface area contributed by atoms with Crippen molar-refractivity contribution in [2.45, 2.75) is 38.6 Å². The highest BCUT2D eigenvalue weighted by atomic mass is 16.2. The van der Waals surface area contributed by atoms with E-state index in [-0.39, 0.29) is 5.91 Å². The van der Waals surface area contributed by atoms with Crippen molar-refractivity contribution in [2.24, 2.45) is 5.73 Å². The molecular formula is C17H22N2O. The lowest BCUT2D eigenvalue weighted by Crippen LogP contribution is -2.35. The van der Waals surface area contributed by atoms with Gasteiger partial charge in [-0.1, -0.05) is 24.7 Å². The van der Waals surface area contributed by atoms with Gasteiger partial charge >= 0.3 is 0 Å². The Labute approximate surface area is 121 Å². The molecule has 1 saturated carbocycles. The molecule has 0 radical (unpaired) electrons. The molecule has 2 N–H and O–H groups in total. The SMILES string of the molecule is Cc1cc(C(=O)N(C)C2CCCC2)ccc1C#CCN. The van der Waals surface area contributed by atoms with Crippen LogP contribution in [0.25, 0.3) is 0 Å². The van der Waals surface area contributed by atoms with Crippen molar-refractivity contribution in [3.05, 3.63) is 34.9 Å². The molecule has 3 heteroatoms. The van der Waals surface area contributed by atoms with Crippen molar-refractivity contribution in [3.8, 4) is 11.8 Å². The first-order valence-electron chi connectivity index (χ1n) is 7.20. The van der Waals surface area contributed by atoms with Gasteiger partial charge in [-0.3, -0.25) is 4.79 Å². The average molecular weight is 270 g/mol. The Morgan fingerprint density at radius 3 is 2.70 bits per heavy atom. The van der Waals surface area contributed by atoms with Crippen molar-refractivity contribution >= 4 is 5.91 Å². The molecule has 0 saturated heterocycles. The molecule has 106 valence electrons. The number of amides is 1. The van der Waals surface area contributed by atoms with Gasteiger partial charge in [-0.2, -0.15) is 0 Å². The first-order chi connectivity index (χ1) is 9.63. The lowest BCUT2D eigenvalue weighted by Gasteiger charge is -2.24. The molecule has 0 aromatic heterocycles. The van der Waals surface area contributed by atoms with Crippen LogP contribution in [0.3, 0.4) is 0 Å². The van der Waals surface area contributed by atoms with E-state index in [9.17, 15) is 4.79 Å². The zero-order valence-electron chi connectivity index (χ0n) is 12.3. The van der Waals surface area contributed by atoms with Gasteiger partial charge in [0, 0.05) is 24.2 Å². The third kappa shape index (κ3) is 3.20. The molecule has 1 aromatic carbocycles. The number of nitrogens with two attached hydrogens (primary N) is 1. The number of hydrogen-bond acceptors (Lipinski definition) is 2. The fourth-order valence-corrected chi connectivity index (χ4v) is 2.74. The second-order valence-corrected chi connectivity index (χ2v) is 5.39. The molecule has 20 heavy (non-hydrogen) atoms. The smallest absolute Gasteiger partial charge is 0.253 e. The van der Waals surface area contributed by atoms with Gasteiger partial charge in [-0.15, -0.1) is 0 Å². The summed E-state index contributed by atoms with van der Waals surface area (Å²) in [6.07, 6.45) is 4.71. The van der Waals surface area contributed by atoms with Crippen molar-refractivity contribution in [1.29, 1.82) is 0 Å². The summed E-state index contributed by atoms with van der Waals surface area (Å²) in [6.45, 7) is 2.33. The number of carbonyl (C=O) groups is 1. The van der Waals surface area contributed by atoms with E-state index in [1.165, 1.54) is 12.8 Å². The van der Waals surface area contributed by atoms with Crippen molar-refractivity contribution < 1.29 is 4.79 Å². The minimum Gasteiger partial charge on any atom is -0.339 e. The number of aryl methyl sites for hydroxylation is 1. The molecule has 0 bridgehead atoms. The summed E-state index contributed by atoms with van der Waals surface area (Å²) < 4.78 is 0. The minimum absolute atomic E-state index is 0.110. The van der Waals surface area contributed by atoms with Crippen LogP contribution < -0.4 is 5.73 Å². The lowest BCUT2D eigenvalue weighted by molar-refractivity contribution is 0.0735. The van der Waals surface area contributed by atoms with Crippen LogP contribution in [0.2, 0.25) is 0 Å². The molecule has 0 aliphatic heterocycles. The molecule has 1 fully saturated rings. The lowest BCUT2D eigenvalue weighted by atomic mass is 10.0. The van der Waals surface area contributed by atoms with E-state index in [0.29, 0.717) is 12.6 Å². The standard InChI is InChI=1S/C17H22N2O/c1-13-12-15(10-9-14(13)6-5-11-18)17(20)19(2)16-7-3-4-8-16/h9-10,12,16H,3-4,7-8,11,18H2,1-2H3. The Kier molecular flexibility index (Phi) is 4.81. The Morgan fingerprint density at radius 2 is 2.10 bits per heavy atom. The molecule has 0 atom stereocenters. The van der Waals surface area contributed by atoms with Gasteiger partial charge in [0.2, 0.25) is 0 Å². The monoisotopic (exact) mass is 270 g/mol. The summed E-state index contributed by atoms with van der Waals surface area (Å²) in [5, 5.41) is 0. The normalized spacial score (nSPS) is 14.8. The van der Waals surface area contributed by atoms with Crippen LogP contribution in [0.15, 0.2) is 18.2 Å². The van der Waals surface area contributed by atoms with Crippen LogP contribution in [-0.2, 0) is 0 Å². The number of benzene rings is 1. The zero-order chi connectivity index (χ0) is 14.5. The van der Waals surface area contributed by atoms with E-state index in [4.69, 9.17) is 5.73 Å². The van der Waals surface area contributed by atoms with Gasteiger partial charge in [-0.05, 0) is 43.5 Å². The summed E-state index contributed by atoms with van der Waals surface area (Å²) in [4.78, 5) is 14.4. The Balaban J connectivity index is 2.16. The topological polar surface area (TPSA) is 46.3 Å². The molecule has 1 aliphatic carbocycles. The van der Waals surface area contributed by atoms with Gasteiger partial charge in [0.1, 0.15) is 0 Å². The van der Waals surface area contributed by atoms with Crippen LogP contribution in [0.4, 0.5) is 0 Å². The van der Waals surface area contributed by atoms with Crippen LogP contribution >= 0.6 is 0 Å². The van der Waals surface area contributed by atoms with Gasteiger partial charge in [0.25, 0.3) is 5.91 Å². The Morgan fingerprint density at radius 1 is 1.40 bits per heavy atom. The molecule has 1 aliphatic rings. The van der Waals surface area contributed by atoms with Gasteiger partial charge in [-0.25, -0.2) is 0 Å². The second kappa shape index (κ2) is 6.58. The van der Waals surface area contributed by atoms with Gasteiger partial charge in [0.05, 0.1) is 6.54 Å². The molecule has 0 spiro atoms. The summed E-state index contributed by atoms with van der Waals surface area (Å²) in [5.41, 5.74) is 8.09. The largest absolute Gasteiger partial charge is 0.339 e. The van der Waals surface area contributed by atoms with E-state index in [0.717, 1.165) is 29.5 Å². The highest BCUT2D eigenvalue weighted by Gasteiger charge is 2.24. The minimum atomic E-state index is 0.110. The van der Waals surface area contributed by atoms with Crippen molar-refractivity contribution in [2.75, 3.05) is 13.6 Å². The molecule has 1 aromatic rings. The van der Waals surface area contributed by atoms with E-state index < -0.39 is 0 Å². The predicted octanol–water partition coefficient (Wildman–Crippen LogP) is 2.32. The molecule has 2 rings (SSSR count). The Bertz CT molecular complexity index is 548. The quantitative estimate of drug-likeness (QED) is 0.838. The fourth-order valence-electron chi connectivity index (χ4n) is 2.74. The fraction of sp³-hybridized carbons (Fsp3) is 0.471. The number of nitrogens with zero attached hydrogens (tertiary/aromatic N) is 1. The van der Waals surface area contributed by atoms with E-state index in [1.54, 1.807) is 0 Å². The maximum absolute atomic E-state index is 12.5. The molecule has 0 unspecified atom stereocenters. The second-order valence-electron chi connectivity index (χ2n) is 5.39. The van der Waals surface area contributed by atoms with Gasteiger partial charge in [0.15, 0.2) is 0 Å². The summed E-state index contributed by atoms with van der Waals surface area (Å²) >= 11 is 0. The van der Waals surface area contributed by atoms with Crippen molar-refractivity contribution in [1.82, 2.24) is 4.90 Å². The number of hydrogen-bond donors (Lipinski definition) is 1. The molecular weight excluding hydrogens is 248 g/mol. The summed E-state index contributed by atoms with van der Waals surface area (Å²) in [5.74, 6) is 5.98. The molecule has 1 amide bonds. The van der Waals surface area contributed by atoms with Crippen LogP contribution in [0.1, 0.15) is 47.2 Å². The number of rotatable bonds is 2. The maximum Gasteiger partial charge on any atom is 0.253 e. The van der Waals surface area contributed by atoms with E-state index in [2.05, 4.69) is 11.8 Å². The zero-order valence-corrected chi connectivity index (χ0v) is 12.3. The summed E-state index contributed by atoms with van der Waals surface area (Å²) in [6, 6.07) is 6.10. The third-order valence-electron chi connectivity index (χ3n) is 3.99. The highest BCUT2D eigenvalue weighted by molar-refractivity contribution is 5.94. The maximum atomic E-state index is 12.5. The van der Waals surface area contributed by atoms with Crippen LogP contribution in [0, 0.1) is 18.8 Å². The van der Waals surface area contributed by atoms with Gasteiger partial charge < -0.3 is 10.6 Å². The molecule has 3 nitrogen and oxygen atoms in total. The van der Waals surface area contributed by atoms with E-state index >= 15 is 0 Å². The Hall–Kier alpha value is -1.79. The predicted molar refractivity (Wildman–Crippen MR) is 81.5 cm³/mol. The third-order valence-corrected chi connectivity index (χ3v) is 3.99. The average Bonchev–Trinajstić information content (AvgIpc) is 2.98. The summed E-state index contributed by atoms with van der Waals surface area (Å²) in [7, 11) is 1.91. The number of carbonyl (C=O) groups excluding carboxylic acids is 1. The van der Waals surface area contributed by atoms with Crippen LogP contribution in [0.5, 0.6) is 0 Å². The van der Waals surface area contributed by atoms with Crippen LogP contribution in [-0.4, -0.2) is 30.4 Å². The first kappa shape index (κ1) is 14.6.